The van der Waals surface area contributed by atoms with Gasteiger partial charge in [-0.1, -0.05) is 12.1 Å². The molecule has 0 atom stereocenters. The third-order valence-corrected chi connectivity index (χ3v) is 2.89. The van der Waals surface area contributed by atoms with E-state index >= 15 is 0 Å². The molecule has 0 saturated heterocycles. The molecule has 114 valence electrons. The maximum absolute atomic E-state index is 11.7. The summed E-state index contributed by atoms with van der Waals surface area (Å²) in [7, 11) is 1.48. The number of hydrogen-bond acceptors (Lipinski definition) is 5. The summed E-state index contributed by atoms with van der Waals surface area (Å²) in [6, 6.07) is 11.0. The molecular weight excluding hydrogens is 284 g/mol. The van der Waals surface area contributed by atoms with Crippen LogP contribution in [0.25, 0.3) is 0 Å². The number of hydrazone groups is 1. The second-order valence-electron chi connectivity index (χ2n) is 4.57. The van der Waals surface area contributed by atoms with Crippen molar-refractivity contribution in [2.24, 2.45) is 5.10 Å². The average Bonchev–Trinajstić information content (AvgIpc) is 2.48. The average molecular weight is 300 g/mol. The third-order valence-electron chi connectivity index (χ3n) is 2.89. The number of nitrogens with zero attached hydrogens (tertiary/aromatic N) is 1. The molecule has 0 saturated carbocycles. The molecule has 6 heteroatoms. The van der Waals surface area contributed by atoms with Crippen molar-refractivity contribution in [2.45, 2.75) is 6.42 Å². The van der Waals surface area contributed by atoms with Crippen LogP contribution in [-0.4, -0.2) is 29.4 Å². The Balaban J connectivity index is 1.96. The Bertz CT molecular complexity index is 698. The van der Waals surface area contributed by atoms with Gasteiger partial charge in [-0.3, -0.25) is 4.79 Å². The van der Waals surface area contributed by atoms with Crippen LogP contribution in [0.5, 0.6) is 17.2 Å². The van der Waals surface area contributed by atoms with Gasteiger partial charge in [0.05, 0.1) is 19.7 Å². The molecule has 6 nitrogen and oxygen atoms in total. The van der Waals surface area contributed by atoms with Gasteiger partial charge in [0.1, 0.15) is 17.2 Å². The molecule has 0 bridgehead atoms. The van der Waals surface area contributed by atoms with Gasteiger partial charge in [0.25, 0.3) is 0 Å². The molecule has 0 fully saturated rings. The molecular formula is C16H16N2O4. The van der Waals surface area contributed by atoms with Crippen LogP contribution in [0.1, 0.15) is 11.1 Å². The van der Waals surface area contributed by atoms with Gasteiger partial charge in [-0.2, -0.15) is 5.10 Å². The van der Waals surface area contributed by atoms with Gasteiger partial charge in [-0.05, 0) is 29.8 Å². The molecule has 0 aliphatic rings. The van der Waals surface area contributed by atoms with E-state index in [-0.39, 0.29) is 23.8 Å². The van der Waals surface area contributed by atoms with Crippen molar-refractivity contribution >= 4 is 12.1 Å². The first kappa shape index (κ1) is 15.4. The molecule has 3 N–H and O–H groups in total. The zero-order chi connectivity index (χ0) is 15.9. The van der Waals surface area contributed by atoms with Crippen LogP contribution in [0.4, 0.5) is 0 Å². The number of carbonyl (C=O) groups is 1. The predicted molar refractivity (Wildman–Crippen MR) is 82.2 cm³/mol. The normalized spacial score (nSPS) is 10.6. The zero-order valence-electron chi connectivity index (χ0n) is 12.0. The third kappa shape index (κ3) is 4.24. The predicted octanol–water partition coefficient (Wildman–Crippen LogP) is 1.80. The summed E-state index contributed by atoms with van der Waals surface area (Å²) in [6.07, 6.45) is 1.54. The molecule has 2 aromatic carbocycles. The van der Waals surface area contributed by atoms with Crippen molar-refractivity contribution in [3.8, 4) is 17.2 Å². The molecule has 0 unspecified atom stereocenters. The summed E-state index contributed by atoms with van der Waals surface area (Å²) in [5.74, 6) is 0.343. The molecule has 2 aromatic rings. The highest BCUT2D eigenvalue weighted by atomic mass is 16.5. The number of phenols is 2. The Morgan fingerprint density at radius 1 is 1.23 bits per heavy atom. The lowest BCUT2D eigenvalue weighted by Gasteiger charge is -2.05. The Hall–Kier alpha value is -3.02. The fourth-order valence-corrected chi connectivity index (χ4v) is 1.87. The summed E-state index contributed by atoms with van der Waals surface area (Å²) < 4.78 is 5.10. The van der Waals surface area contributed by atoms with Gasteiger partial charge in [0, 0.05) is 11.6 Å². The first-order valence-corrected chi connectivity index (χ1v) is 6.55. The SMILES string of the molecule is COc1cc(O)ccc1/C=N/NC(=O)Cc1cccc(O)c1. The zero-order valence-corrected chi connectivity index (χ0v) is 12.0. The van der Waals surface area contributed by atoms with E-state index in [1.807, 2.05) is 0 Å². The second kappa shape index (κ2) is 7.12. The van der Waals surface area contributed by atoms with Crippen molar-refractivity contribution in [1.82, 2.24) is 5.43 Å². The molecule has 1 amide bonds. The van der Waals surface area contributed by atoms with E-state index in [1.54, 1.807) is 18.2 Å². The fraction of sp³-hybridized carbons (Fsp3) is 0.125. The number of rotatable bonds is 5. The lowest BCUT2D eigenvalue weighted by molar-refractivity contribution is -0.120. The molecule has 0 aliphatic heterocycles. The fourth-order valence-electron chi connectivity index (χ4n) is 1.87. The van der Waals surface area contributed by atoms with Gasteiger partial charge >= 0.3 is 0 Å². The number of ether oxygens (including phenoxy) is 1. The molecule has 22 heavy (non-hydrogen) atoms. The minimum atomic E-state index is -0.306. The topological polar surface area (TPSA) is 91.2 Å². The monoisotopic (exact) mass is 300 g/mol. The lowest BCUT2D eigenvalue weighted by Crippen LogP contribution is -2.19. The van der Waals surface area contributed by atoms with Gasteiger partial charge in [0.2, 0.25) is 5.91 Å². The number of nitrogens with one attached hydrogen (secondary N) is 1. The standard InChI is InChI=1S/C16H16N2O4/c1-22-15-9-14(20)6-5-12(15)10-17-18-16(21)8-11-3-2-4-13(19)7-11/h2-7,9-10,19-20H,8H2,1H3,(H,18,21)/b17-10+. The number of amides is 1. The largest absolute Gasteiger partial charge is 0.508 e. The molecule has 0 aromatic heterocycles. The second-order valence-corrected chi connectivity index (χ2v) is 4.57. The highest BCUT2D eigenvalue weighted by Crippen LogP contribution is 2.22. The maximum Gasteiger partial charge on any atom is 0.244 e. The number of hydrogen-bond donors (Lipinski definition) is 3. The maximum atomic E-state index is 11.7. The van der Waals surface area contributed by atoms with Crippen LogP contribution in [0.3, 0.4) is 0 Å². The van der Waals surface area contributed by atoms with Gasteiger partial charge < -0.3 is 14.9 Å². The van der Waals surface area contributed by atoms with E-state index in [0.29, 0.717) is 16.9 Å². The van der Waals surface area contributed by atoms with Crippen LogP contribution in [-0.2, 0) is 11.2 Å². The summed E-state index contributed by atoms with van der Waals surface area (Å²) in [4.78, 5) is 11.7. The summed E-state index contributed by atoms with van der Waals surface area (Å²) >= 11 is 0. The number of aromatic hydroxyl groups is 2. The van der Waals surface area contributed by atoms with Gasteiger partial charge in [-0.25, -0.2) is 5.43 Å². The van der Waals surface area contributed by atoms with E-state index < -0.39 is 0 Å². The van der Waals surface area contributed by atoms with E-state index in [0.717, 1.165) is 0 Å². The Kier molecular flexibility index (Phi) is 4.98. The lowest BCUT2D eigenvalue weighted by atomic mass is 10.1. The van der Waals surface area contributed by atoms with Crippen LogP contribution < -0.4 is 10.2 Å². The molecule has 0 heterocycles. The number of methoxy groups -OCH3 is 1. The van der Waals surface area contributed by atoms with Crippen molar-refractivity contribution in [1.29, 1.82) is 0 Å². The van der Waals surface area contributed by atoms with Gasteiger partial charge in [0.15, 0.2) is 0 Å². The number of carbonyl (C=O) groups excluding carboxylic acids is 1. The van der Waals surface area contributed by atoms with E-state index in [2.05, 4.69) is 10.5 Å². The Morgan fingerprint density at radius 3 is 2.73 bits per heavy atom. The minimum absolute atomic E-state index is 0.0851. The van der Waals surface area contributed by atoms with E-state index in [1.165, 1.54) is 37.6 Å². The Morgan fingerprint density at radius 2 is 2.00 bits per heavy atom. The van der Waals surface area contributed by atoms with Crippen molar-refractivity contribution in [3.05, 3.63) is 53.6 Å². The van der Waals surface area contributed by atoms with E-state index in [9.17, 15) is 15.0 Å². The molecule has 0 spiro atoms. The van der Waals surface area contributed by atoms with Crippen LogP contribution in [0.15, 0.2) is 47.6 Å². The minimum Gasteiger partial charge on any atom is -0.508 e. The van der Waals surface area contributed by atoms with E-state index in [4.69, 9.17) is 4.74 Å². The van der Waals surface area contributed by atoms with Gasteiger partial charge in [-0.15, -0.1) is 0 Å². The van der Waals surface area contributed by atoms with Crippen molar-refractivity contribution < 1.29 is 19.7 Å². The molecule has 0 aliphatic carbocycles. The quantitative estimate of drug-likeness (QED) is 0.580. The van der Waals surface area contributed by atoms with Crippen molar-refractivity contribution in [3.63, 3.8) is 0 Å². The Labute approximate surface area is 127 Å². The molecule has 2 rings (SSSR count). The summed E-state index contributed by atoms with van der Waals surface area (Å²) in [5.41, 5.74) is 3.71. The summed E-state index contributed by atoms with van der Waals surface area (Å²) in [5, 5.41) is 22.5. The highest BCUT2D eigenvalue weighted by molar-refractivity contribution is 5.86. The van der Waals surface area contributed by atoms with Crippen LogP contribution >= 0.6 is 0 Å². The molecule has 0 radical (unpaired) electrons. The number of phenolic OH excluding ortho intramolecular Hbond substituents is 2. The smallest absolute Gasteiger partial charge is 0.244 e. The van der Waals surface area contributed by atoms with Crippen LogP contribution in [0, 0.1) is 0 Å². The summed E-state index contributed by atoms with van der Waals surface area (Å²) in [6.45, 7) is 0. The first-order valence-electron chi connectivity index (χ1n) is 6.55. The van der Waals surface area contributed by atoms with Crippen molar-refractivity contribution in [2.75, 3.05) is 7.11 Å². The first-order chi connectivity index (χ1) is 10.6. The number of benzene rings is 2. The highest BCUT2D eigenvalue weighted by Gasteiger charge is 2.04. The van der Waals surface area contributed by atoms with Crippen LogP contribution in [0.2, 0.25) is 0 Å².